The maximum Gasteiger partial charge on any atom is 0.262 e. The number of anilines is 1. The molecule has 8 heteroatoms. The summed E-state index contributed by atoms with van der Waals surface area (Å²) < 4.78 is 1.18. The molecule has 0 aliphatic rings. The summed E-state index contributed by atoms with van der Waals surface area (Å²) in [5.74, 6) is -0.270. The van der Waals surface area contributed by atoms with Crippen LogP contribution in [0.15, 0.2) is 35.4 Å². The van der Waals surface area contributed by atoms with Crippen molar-refractivity contribution in [1.82, 2.24) is 25.6 Å². The highest BCUT2D eigenvalue weighted by molar-refractivity contribution is 5.99. The Morgan fingerprint density at radius 2 is 2.16 bits per heavy atom. The number of rotatable bonds is 4. The molecule has 3 N–H and O–H groups in total. The normalized spacial score (nSPS) is 11.3. The molecule has 0 unspecified atom stereocenters. The Labute approximate surface area is 109 Å². The molecule has 8 nitrogen and oxygen atoms in total. The number of tetrazole rings is 1. The fourth-order valence-electron chi connectivity index (χ4n) is 1.39. The number of hydrazone groups is 1. The number of hydrogen-bond acceptors (Lipinski definition) is 6. The summed E-state index contributed by atoms with van der Waals surface area (Å²) in [6, 6.07) is 9.53. The van der Waals surface area contributed by atoms with Crippen LogP contribution in [0.5, 0.6) is 0 Å². The van der Waals surface area contributed by atoms with Gasteiger partial charge in [0.2, 0.25) is 5.95 Å². The van der Waals surface area contributed by atoms with E-state index in [9.17, 15) is 4.79 Å². The third-order valence-corrected chi connectivity index (χ3v) is 2.39. The summed E-state index contributed by atoms with van der Waals surface area (Å²) in [5.41, 5.74) is 9.51. The summed E-state index contributed by atoms with van der Waals surface area (Å²) in [6.45, 7) is 1.73. The van der Waals surface area contributed by atoms with E-state index in [4.69, 9.17) is 5.73 Å². The fraction of sp³-hybridized carbons (Fsp3) is 0.182. The molecular formula is C11H13N7O. The molecule has 0 saturated heterocycles. The van der Waals surface area contributed by atoms with E-state index in [1.165, 1.54) is 4.68 Å². The van der Waals surface area contributed by atoms with Gasteiger partial charge in [-0.2, -0.15) is 5.10 Å². The van der Waals surface area contributed by atoms with Gasteiger partial charge in [0.15, 0.2) is 0 Å². The molecule has 2 aromatic rings. The Hall–Kier alpha value is -2.77. The molecule has 1 aromatic heterocycles. The molecule has 0 radical (unpaired) electrons. The number of carbonyl (C=O) groups excluding carboxylic acids is 1. The van der Waals surface area contributed by atoms with Gasteiger partial charge in [-0.3, -0.25) is 4.79 Å². The predicted octanol–water partition coefficient (Wildman–Crippen LogP) is -0.204. The van der Waals surface area contributed by atoms with Crippen LogP contribution in [0.1, 0.15) is 12.5 Å². The van der Waals surface area contributed by atoms with E-state index < -0.39 is 0 Å². The molecule has 19 heavy (non-hydrogen) atoms. The monoisotopic (exact) mass is 259 g/mol. The van der Waals surface area contributed by atoms with Crippen LogP contribution in [0, 0.1) is 0 Å². The van der Waals surface area contributed by atoms with Crippen LogP contribution in [0.4, 0.5) is 5.95 Å². The standard InChI is InChI=1S/C11H13N7O/c1-8(9-5-3-2-4-6-9)13-14-10(19)7-18-11(12)15-16-17-18/h2-6H,7H2,1H3,(H,14,19)(H2,12,15,17). The first-order valence-corrected chi connectivity index (χ1v) is 5.57. The quantitative estimate of drug-likeness (QED) is 0.583. The van der Waals surface area contributed by atoms with Crippen LogP contribution < -0.4 is 11.2 Å². The maximum absolute atomic E-state index is 11.6. The first-order chi connectivity index (χ1) is 9.16. The molecule has 1 aromatic carbocycles. The van der Waals surface area contributed by atoms with E-state index in [1.807, 2.05) is 30.3 Å². The van der Waals surface area contributed by atoms with Crippen molar-refractivity contribution >= 4 is 17.6 Å². The predicted molar refractivity (Wildman–Crippen MR) is 69.0 cm³/mol. The first-order valence-electron chi connectivity index (χ1n) is 5.57. The molecule has 2 rings (SSSR count). The molecule has 1 amide bonds. The van der Waals surface area contributed by atoms with Gasteiger partial charge in [-0.15, -0.1) is 0 Å². The molecule has 0 saturated carbocycles. The molecular weight excluding hydrogens is 246 g/mol. The number of nitrogens with zero attached hydrogens (tertiary/aromatic N) is 5. The van der Waals surface area contributed by atoms with Crippen molar-refractivity contribution in [3.8, 4) is 0 Å². The number of benzene rings is 1. The highest BCUT2D eigenvalue weighted by Crippen LogP contribution is 1.99. The average Bonchev–Trinajstić information content (AvgIpc) is 2.82. The highest BCUT2D eigenvalue weighted by Gasteiger charge is 2.07. The van der Waals surface area contributed by atoms with Crippen molar-refractivity contribution in [1.29, 1.82) is 0 Å². The molecule has 0 atom stereocenters. The van der Waals surface area contributed by atoms with Crippen molar-refractivity contribution in [3.05, 3.63) is 35.9 Å². The zero-order valence-corrected chi connectivity index (χ0v) is 10.3. The van der Waals surface area contributed by atoms with Gasteiger partial charge in [-0.05, 0) is 22.9 Å². The molecule has 0 spiro atoms. The SMILES string of the molecule is CC(=NNC(=O)Cn1nnnc1N)c1ccccc1. The molecule has 0 aliphatic heterocycles. The van der Waals surface area contributed by atoms with Gasteiger partial charge in [-0.1, -0.05) is 35.4 Å². The third kappa shape index (κ3) is 3.35. The Bertz CT molecular complexity index is 590. The Kier molecular flexibility index (Phi) is 3.81. The van der Waals surface area contributed by atoms with Crippen molar-refractivity contribution in [2.45, 2.75) is 13.5 Å². The van der Waals surface area contributed by atoms with Crippen LogP contribution in [0.2, 0.25) is 0 Å². The van der Waals surface area contributed by atoms with Crippen molar-refractivity contribution in [2.24, 2.45) is 5.10 Å². The Balaban J connectivity index is 1.95. The van der Waals surface area contributed by atoms with Crippen LogP contribution in [-0.2, 0) is 11.3 Å². The zero-order chi connectivity index (χ0) is 13.7. The fourth-order valence-corrected chi connectivity index (χ4v) is 1.39. The van der Waals surface area contributed by atoms with E-state index >= 15 is 0 Å². The van der Waals surface area contributed by atoms with Crippen molar-refractivity contribution in [2.75, 3.05) is 5.73 Å². The second-order valence-electron chi connectivity index (χ2n) is 3.79. The van der Waals surface area contributed by atoms with Gasteiger partial charge < -0.3 is 5.73 Å². The largest absolute Gasteiger partial charge is 0.367 e. The number of hydrogen-bond donors (Lipinski definition) is 2. The second kappa shape index (κ2) is 5.71. The minimum Gasteiger partial charge on any atom is -0.367 e. The Morgan fingerprint density at radius 3 is 2.79 bits per heavy atom. The molecule has 0 bridgehead atoms. The van der Waals surface area contributed by atoms with Gasteiger partial charge in [0.25, 0.3) is 5.91 Å². The lowest BCUT2D eigenvalue weighted by Crippen LogP contribution is -2.25. The molecule has 1 heterocycles. The van der Waals surface area contributed by atoms with Crippen LogP contribution in [0.25, 0.3) is 0 Å². The smallest absolute Gasteiger partial charge is 0.262 e. The highest BCUT2D eigenvalue weighted by atomic mass is 16.2. The number of amides is 1. The van der Waals surface area contributed by atoms with E-state index in [0.29, 0.717) is 5.71 Å². The van der Waals surface area contributed by atoms with Gasteiger partial charge in [-0.25, -0.2) is 10.1 Å². The van der Waals surface area contributed by atoms with E-state index in [2.05, 4.69) is 26.1 Å². The van der Waals surface area contributed by atoms with E-state index in [-0.39, 0.29) is 18.4 Å². The lowest BCUT2D eigenvalue weighted by Gasteiger charge is -2.03. The summed E-state index contributed by atoms with van der Waals surface area (Å²) in [5, 5.41) is 14.4. The van der Waals surface area contributed by atoms with Crippen LogP contribution >= 0.6 is 0 Å². The van der Waals surface area contributed by atoms with Crippen LogP contribution in [0.3, 0.4) is 0 Å². The maximum atomic E-state index is 11.6. The van der Waals surface area contributed by atoms with E-state index in [0.717, 1.165) is 5.56 Å². The zero-order valence-electron chi connectivity index (χ0n) is 10.3. The molecule has 0 fully saturated rings. The first kappa shape index (κ1) is 12.7. The lowest BCUT2D eigenvalue weighted by atomic mass is 10.1. The number of carbonyl (C=O) groups is 1. The van der Waals surface area contributed by atoms with Gasteiger partial charge in [0.05, 0.1) is 5.71 Å². The van der Waals surface area contributed by atoms with Crippen LogP contribution in [-0.4, -0.2) is 31.8 Å². The topological polar surface area (TPSA) is 111 Å². The van der Waals surface area contributed by atoms with Crippen molar-refractivity contribution in [3.63, 3.8) is 0 Å². The van der Waals surface area contributed by atoms with Gasteiger partial charge >= 0.3 is 0 Å². The van der Waals surface area contributed by atoms with Gasteiger partial charge in [0.1, 0.15) is 6.54 Å². The van der Waals surface area contributed by atoms with Crippen molar-refractivity contribution < 1.29 is 4.79 Å². The molecule has 0 aliphatic carbocycles. The number of nitrogens with two attached hydrogens (primary N) is 1. The lowest BCUT2D eigenvalue weighted by molar-refractivity contribution is -0.121. The second-order valence-corrected chi connectivity index (χ2v) is 3.79. The minimum absolute atomic E-state index is 0.0790. The Morgan fingerprint density at radius 1 is 1.42 bits per heavy atom. The van der Waals surface area contributed by atoms with Gasteiger partial charge in [0, 0.05) is 0 Å². The summed E-state index contributed by atoms with van der Waals surface area (Å²) in [7, 11) is 0. The number of nitrogen functional groups attached to an aromatic ring is 1. The number of nitrogens with one attached hydrogen (secondary N) is 1. The summed E-state index contributed by atoms with van der Waals surface area (Å²) in [6.07, 6.45) is 0. The van der Waals surface area contributed by atoms with E-state index in [1.54, 1.807) is 6.92 Å². The molecule has 98 valence electrons. The third-order valence-electron chi connectivity index (χ3n) is 2.39. The average molecular weight is 259 g/mol. The summed E-state index contributed by atoms with van der Waals surface area (Å²) >= 11 is 0. The summed E-state index contributed by atoms with van der Waals surface area (Å²) in [4.78, 5) is 11.6. The number of aromatic nitrogens is 4. The minimum atomic E-state index is -0.353.